The van der Waals surface area contributed by atoms with Crippen molar-refractivity contribution in [2.75, 3.05) is 24.7 Å². The Morgan fingerprint density at radius 1 is 1.39 bits per heavy atom. The van der Waals surface area contributed by atoms with Crippen molar-refractivity contribution in [3.8, 4) is 5.75 Å². The molecule has 0 N–H and O–H groups in total. The minimum Gasteiger partial charge on any atom is -0.490 e. The second-order valence-corrected chi connectivity index (χ2v) is 6.34. The summed E-state index contributed by atoms with van der Waals surface area (Å²) in [4.78, 5) is 28.8. The van der Waals surface area contributed by atoms with E-state index in [1.807, 2.05) is 28.5 Å². The Bertz CT molecular complexity index is 786. The molecule has 3 heterocycles. The van der Waals surface area contributed by atoms with E-state index < -0.39 is 11.5 Å². The SMILES string of the molecule is CCOC(=O)[C@@]1(c2cccs2)C(=O)c2cccc3c2N1CCO3. The Morgan fingerprint density at radius 3 is 3.00 bits per heavy atom. The lowest BCUT2D eigenvalue weighted by atomic mass is 9.90. The summed E-state index contributed by atoms with van der Waals surface area (Å²) < 4.78 is 11.0. The third-order valence-electron chi connectivity index (χ3n) is 4.27. The number of thiophene rings is 1. The maximum absolute atomic E-state index is 13.3. The van der Waals surface area contributed by atoms with Gasteiger partial charge >= 0.3 is 5.97 Å². The number of ketones is 1. The summed E-state index contributed by atoms with van der Waals surface area (Å²) >= 11 is 1.39. The van der Waals surface area contributed by atoms with Gasteiger partial charge in [0.15, 0.2) is 0 Å². The van der Waals surface area contributed by atoms with Gasteiger partial charge in [0, 0.05) is 10.4 Å². The summed E-state index contributed by atoms with van der Waals surface area (Å²) in [6, 6.07) is 9.02. The van der Waals surface area contributed by atoms with Crippen LogP contribution in [0.25, 0.3) is 0 Å². The van der Waals surface area contributed by atoms with Gasteiger partial charge in [0.25, 0.3) is 0 Å². The lowest BCUT2D eigenvalue weighted by molar-refractivity contribution is -0.147. The van der Waals surface area contributed by atoms with Crippen molar-refractivity contribution in [1.82, 2.24) is 0 Å². The van der Waals surface area contributed by atoms with Crippen LogP contribution in [0.3, 0.4) is 0 Å². The highest BCUT2D eigenvalue weighted by Gasteiger charge is 2.61. The third kappa shape index (κ3) is 1.72. The van der Waals surface area contributed by atoms with Gasteiger partial charge in [-0.05, 0) is 30.5 Å². The van der Waals surface area contributed by atoms with E-state index in [2.05, 4.69) is 0 Å². The van der Waals surface area contributed by atoms with Crippen LogP contribution in [0.4, 0.5) is 5.69 Å². The van der Waals surface area contributed by atoms with Crippen LogP contribution in [0.1, 0.15) is 22.2 Å². The summed E-state index contributed by atoms with van der Waals surface area (Å²) in [7, 11) is 0. The largest absolute Gasteiger partial charge is 0.490 e. The lowest BCUT2D eigenvalue weighted by Crippen LogP contribution is -2.56. The van der Waals surface area contributed by atoms with Gasteiger partial charge in [-0.25, -0.2) is 4.79 Å². The van der Waals surface area contributed by atoms with E-state index in [9.17, 15) is 9.59 Å². The molecule has 2 aromatic rings. The molecular formula is C17H15NO4S. The molecule has 23 heavy (non-hydrogen) atoms. The summed E-state index contributed by atoms with van der Waals surface area (Å²) in [5, 5.41) is 1.87. The topological polar surface area (TPSA) is 55.8 Å². The van der Waals surface area contributed by atoms with E-state index in [0.29, 0.717) is 35.0 Å². The molecule has 0 unspecified atom stereocenters. The number of ether oxygens (including phenoxy) is 2. The van der Waals surface area contributed by atoms with E-state index in [-0.39, 0.29) is 12.4 Å². The average molecular weight is 329 g/mol. The second-order valence-electron chi connectivity index (χ2n) is 5.39. The van der Waals surface area contributed by atoms with Gasteiger partial charge in [-0.3, -0.25) is 4.79 Å². The zero-order valence-electron chi connectivity index (χ0n) is 12.6. The first kappa shape index (κ1) is 14.3. The van der Waals surface area contributed by atoms with Crippen LogP contribution >= 0.6 is 11.3 Å². The smallest absolute Gasteiger partial charge is 0.345 e. The number of rotatable bonds is 3. The summed E-state index contributed by atoms with van der Waals surface area (Å²) in [5.74, 6) is -0.109. The molecule has 0 saturated heterocycles. The van der Waals surface area contributed by atoms with Gasteiger partial charge in [0.05, 0.1) is 18.8 Å². The van der Waals surface area contributed by atoms with Crippen molar-refractivity contribution in [2.45, 2.75) is 12.5 Å². The van der Waals surface area contributed by atoms with Crippen molar-refractivity contribution in [1.29, 1.82) is 0 Å². The molecule has 0 bridgehead atoms. The highest BCUT2D eigenvalue weighted by molar-refractivity contribution is 7.10. The number of benzene rings is 1. The van der Waals surface area contributed by atoms with Crippen LogP contribution in [-0.2, 0) is 15.1 Å². The van der Waals surface area contributed by atoms with Crippen molar-refractivity contribution < 1.29 is 19.1 Å². The summed E-state index contributed by atoms with van der Waals surface area (Å²) in [5.41, 5.74) is -0.208. The minimum absolute atomic E-state index is 0.229. The molecule has 4 rings (SSSR count). The number of hydrogen-bond donors (Lipinski definition) is 0. The van der Waals surface area contributed by atoms with Crippen molar-refractivity contribution >= 4 is 28.8 Å². The van der Waals surface area contributed by atoms with Gasteiger partial charge in [-0.1, -0.05) is 12.1 Å². The molecule has 6 heteroatoms. The van der Waals surface area contributed by atoms with E-state index >= 15 is 0 Å². The van der Waals surface area contributed by atoms with Gasteiger partial charge in [0.1, 0.15) is 12.4 Å². The molecule has 1 aromatic carbocycles. The van der Waals surface area contributed by atoms with Crippen LogP contribution in [0.5, 0.6) is 5.75 Å². The van der Waals surface area contributed by atoms with Crippen molar-refractivity contribution in [2.24, 2.45) is 0 Å². The highest BCUT2D eigenvalue weighted by Crippen LogP contribution is 2.51. The predicted octanol–water partition coefficient (Wildman–Crippen LogP) is 2.60. The molecule has 118 valence electrons. The van der Waals surface area contributed by atoms with Crippen LogP contribution in [0.2, 0.25) is 0 Å². The van der Waals surface area contributed by atoms with Crippen LogP contribution in [0, 0.1) is 0 Å². The number of para-hydroxylation sites is 1. The first-order valence-electron chi connectivity index (χ1n) is 7.50. The van der Waals surface area contributed by atoms with Crippen molar-refractivity contribution in [3.05, 3.63) is 46.2 Å². The molecule has 0 radical (unpaired) electrons. The zero-order chi connectivity index (χ0) is 16.0. The molecule has 0 spiro atoms. The Labute approximate surface area is 137 Å². The Hall–Kier alpha value is -2.34. The maximum atomic E-state index is 13.3. The molecule has 1 atom stereocenters. The molecule has 0 saturated carbocycles. The van der Waals surface area contributed by atoms with Gasteiger partial charge in [-0.15, -0.1) is 11.3 Å². The highest BCUT2D eigenvalue weighted by atomic mass is 32.1. The number of hydrogen-bond acceptors (Lipinski definition) is 6. The maximum Gasteiger partial charge on any atom is 0.345 e. The molecule has 1 aromatic heterocycles. The van der Waals surface area contributed by atoms with Crippen LogP contribution in [-0.4, -0.2) is 31.5 Å². The molecule has 0 fully saturated rings. The number of anilines is 1. The van der Waals surface area contributed by atoms with Crippen LogP contribution < -0.4 is 9.64 Å². The first-order valence-corrected chi connectivity index (χ1v) is 8.38. The fourth-order valence-electron chi connectivity index (χ4n) is 3.38. The quantitative estimate of drug-likeness (QED) is 0.640. The molecule has 5 nitrogen and oxygen atoms in total. The fraction of sp³-hybridized carbons (Fsp3) is 0.294. The molecule has 0 aliphatic carbocycles. The molecule has 2 aliphatic heterocycles. The summed E-state index contributed by atoms with van der Waals surface area (Å²) in [6.45, 7) is 2.87. The van der Waals surface area contributed by atoms with Gasteiger partial charge < -0.3 is 14.4 Å². The third-order valence-corrected chi connectivity index (χ3v) is 5.25. The van der Waals surface area contributed by atoms with Crippen LogP contribution in [0.15, 0.2) is 35.7 Å². The standard InChI is InChI=1S/C17H15NO4S/c1-2-21-16(20)17(13-7-4-10-23-13)15(19)11-5-3-6-12-14(11)18(17)8-9-22-12/h3-7,10H,2,8-9H2,1H3/t17-/m1/s1. The Kier molecular flexibility index (Phi) is 3.16. The normalized spacial score (nSPS) is 21.8. The molecule has 2 aliphatic rings. The Balaban J connectivity index is 1.99. The zero-order valence-corrected chi connectivity index (χ0v) is 13.4. The fourth-order valence-corrected chi connectivity index (χ4v) is 4.30. The number of Topliss-reactive ketones (excluding diaryl/α,β-unsaturated/α-hetero) is 1. The minimum atomic E-state index is -1.42. The van der Waals surface area contributed by atoms with Gasteiger partial charge in [-0.2, -0.15) is 0 Å². The first-order chi connectivity index (χ1) is 11.2. The average Bonchev–Trinajstić information content (AvgIpc) is 3.17. The van der Waals surface area contributed by atoms with E-state index in [4.69, 9.17) is 9.47 Å². The number of esters is 1. The lowest BCUT2D eigenvalue weighted by Gasteiger charge is -2.38. The van der Waals surface area contributed by atoms with E-state index in [0.717, 1.165) is 0 Å². The van der Waals surface area contributed by atoms with E-state index in [1.54, 1.807) is 19.1 Å². The van der Waals surface area contributed by atoms with Gasteiger partial charge in [0.2, 0.25) is 11.3 Å². The van der Waals surface area contributed by atoms with E-state index in [1.165, 1.54) is 11.3 Å². The Morgan fingerprint density at radius 2 is 2.26 bits per heavy atom. The summed E-state index contributed by atoms with van der Waals surface area (Å²) in [6.07, 6.45) is 0. The second kappa shape index (κ2) is 5.09. The number of nitrogens with zero attached hydrogens (tertiary/aromatic N) is 1. The van der Waals surface area contributed by atoms with Crippen molar-refractivity contribution in [3.63, 3.8) is 0 Å². The molecular weight excluding hydrogens is 314 g/mol. The molecule has 0 amide bonds. The number of carbonyl (C=O) groups is 2. The predicted molar refractivity (Wildman–Crippen MR) is 86.2 cm³/mol. The monoisotopic (exact) mass is 329 g/mol. The number of carbonyl (C=O) groups excluding carboxylic acids is 2.